The lowest BCUT2D eigenvalue weighted by atomic mass is 9.92. The van der Waals surface area contributed by atoms with Gasteiger partial charge in [0.15, 0.2) is 0 Å². The van der Waals surface area contributed by atoms with Gasteiger partial charge in [-0.3, -0.25) is 14.5 Å². The van der Waals surface area contributed by atoms with E-state index in [1.54, 1.807) is 7.11 Å². The van der Waals surface area contributed by atoms with Crippen molar-refractivity contribution in [2.24, 2.45) is 5.92 Å². The summed E-state index contributed by atoms with van der Waals surface area (Å²) >= 11 is 0. The van der Waals surface area contributed by atoms with Crippen LogP contribution in [-0.2, 0) is 4.79 Å². The molecule has 6 nitrogen and oxygen atoms in total. The number of benzene rings is 1. The number of amides is 2. The van der Waals surface area contributed by atoms with Gasteiger partial charge in [-0.05, 0) is 69.3 Å². The average Bonchev–Trinajstić information content (AvgIpc) is 3.33. The van der Waals surface area contributed by atoms with Gasteiger partial charge in [0, 0.05) is 44.3 Å². The molecule has 1 aromatic carbocycles. The van der Waals surface area contributed by atoms with Crippen LogP contribution in [0.3, 0.4) is 0 Å². The molecule has 0 aromatic heterocycles. The van der Waals surface area contributed by atoms with Crippen molar-refractivity contribution in [2.75, 3.05) is 46.4 Å². The molecule has 1 atom stereocenters. The number of carbonyl (C=O) groups excluding carboxylic acids is 2. The molecule has 3 fully saturated rings. The maximum Gasteiger partial charge on any atom is 0.253 e. The van der Waals surface area contributed by atoms with E-state index in [4.69, 9.17) is 4.74 Å². The Hall–Kier alpha value is -2.08. The molecule has 0 N–H and O–H groups in total. The zero-order valence-electron chi connectivity index (χ0n) is 17.5. The first kappa shape index (κ1) is 20.2. The second-order valence-corrected chi connectivity index (χ2v) is 8.62. The minimum atomic E-state index is 0.104. The van der Waals surface area contributed by atoms with Crippen LogP contribution in [0.2, 0.25) is 0 Å². The van der Waals surface area contributed by atoms with E-state index in [9.17, 15) is 9.59 Å². The van der Waals surface area contributed by atoms with Gasteiger partial charge in [-0.1, -0.05) is 0 Å². The second kappa shape index (κ2) is 9.16. The van der Waals surface area contributed by atoms with Crippen LogP contribution >= 0.6 is 0 Å². The third-order valence-electron chi connectivity index (χ3n) is 6.82. The molecule has 0 radical (unpaired) electrons. The molecule has 3 heterocycles. The Morgan fingerprint density at radius 2 is 1.55 bits per heavy atom. The van der Waals surface area contributed by atoms with E-state index in [1.165, 1.54) is 0 Å². The molecule has 0 spiro atoms. The van der Waals surface area contributed by atoms with Crippen molar-refractivity contribution in [2.45, 2.75) is 44.6 Å². The van der Waals surface area contributed by atoms with Gasteiger partial charge in [-0.25, -0.2) is 0 Å². The average molecular weight is 400 g/mol. The van der Waals surface area contributed by atoms with Crippen LogP contribution in [0.15, 0.2) is 24.3 Å². The number of nitrogens with zero attached hydrogens (tertiary/aromatic N) is 3. The maximum atomic E-state index is 12.8. The van der Waals surface area contributed by atoms with Crippen molar-refractivity contribution >= 4 is 11.8 Å². The molecule has 158 valence electrons. The van der Waals surface area contributed by atoms with Crippen LogP contribution in [0.25, 0.3) is 0 Å². The molecular weight excluding hydrogens is 366 g/mol. The molecule has 3 saturated heterocycles. The lowest BCUT2D eigenvalue weighted by Gasteiger charge is -2.42. The Labute approximate surface area is 173 Å². The van der Waals surface area contributed by atoms with Gasteiger partial charge in [-0.15, -0.1) is 0 Å². The van der Waals surface area contributed by atoms with Gasteiger partial charge in [0.1, 0.15) is 5.75 Å². The predicted molar refractivity (Wildman–Crippen MR) is 112 cm³/mol. The normalized spacial score (nSPS) is 24.0. The Morgan fingerprint density at radius 1 is 0.862 bits per heavy atom. The predicted octanol–water partition coefficient (Wildman–Crippen LogP) is 2.63. The van der Waals surface area contributed by atoms with Crippen molar-refractivity contribution in [1.82, 2.24) is 14.7 Å². The van der Waals surface area contributed by atoms with E-state index in [2.05, 4.69) is 9.80 Å². The van der Waals surface area contributed by atoms with Crippen molar-refractivity contribution in [3.05, 3.63) is 29.8 Å². The second-order valence-electron chi connectivity index (χ2n) is 8.62. The minimum absolute atomic E-state index is 0.104. The van der Waals surface area contributed by atoms with Gasteiger partial charge in [0.2, 0.25) is 5.91 Å². The number of ether oxygens (including phenoxy) is 1. The van der Waals surface area contributed by atoms with Crippen molar-refractivity contribution < 1.29 is 14.3 Å². The molecule has 4 rings (SSSR count). The molecule has 3 aliphatic heterocycles. The van der Waals surface area contributed by atoms with Crippen LogP contribution in [0.5, 0.6) is 5.75 Å². The first-order chi connectivity index (χ1) is 14.2. The quantitative estimate of drug-likeness (QED) is 0.781. The lowest BCUT2D eigenvalue weighted by molar-refractivity contribution is -0.136. The number of likely N-dealkylation sites (tertiary alicyclic amines) is 3. The zero-order valence-corrected chi connectivity index (χ0v) is 17.5. The van der Waals surface area contributed by atoms with E-state index in [0.717, 1.165) is 89.1 Å². The molecule has 3 aliphatic rings. The summed E-state index contributed by atoms with van der Waals surface area (Å²) in [6.45, 7) is 5.45. The number of hydrogen-bond acceptors (Lipinski definition) is 4. The van der Waals surface area contributed by atoms with Crippen LogP contribution in [-0.4, -0.2) is 78.9 Å². The number of methoxy groups -OCH3 is 1. The minimum Gasteiger partial charge on any atom is -0.497 e. The highest BCUT2D eigenvalue weighted by atomic mass is 16.5. The summed E-state index contributed by atoms with van der Waals surface area (Å²) in [4.78, 5) is 32.2. The van der Waals surface area contributed by atoms with E-state index >= 15 is 0 Å². The van der Waals surface area contributed by atoms with Crippen molar-refractivity contribution in [3.8, 4) is 5.75 Å². The summed E-state index contributed by atoms with van der Waals surface area (Å²) in [6.07, 6.45) is 6.43. The first-order valence-electron chi connectivity index (χ1n) is 11.1. The highest BCUT2D eigenvalue weighted by Crippen LogP contribution is 2.26. The van der Waals surface area contributed by atoms with Gasteiger partial charge in [0.05, 0.1) is 13.0 Å². The molecule has 0 unspecified atom stereocenters. The fourth-order valence-corrected chi connectivity index (χ4v) is 5.09. The summed E-state index contributed by atoms with van der Waals surface area (Å²) in [5.74, 6) is 1.41. The molecule has 0 saturated carbocycles. The fourth-order valence-electron chi connectivity index (χ4n) is 5.09. The van der Waals surface area contributed by atoms with Crippen molar-refractivity contribution in [1.29, 1.82) is 0 Å². The molecule has 29 heavy (non-hydrogen) atoms. The van der Waals surface area contributed by atoms with Crippen LogP contribution in [0, 0.1) is 5.92 Å². The molecule has 2 amide bonds. The summed E-state index contributed by atoms with van der Waals surface area (Å²) in [6, 6.07) is 7.85. The molecule has 6 heteroatoms. The van der Waals surface area contributed by atoms with E-state index in [0.29, 0.717) is 11.9 Å². The number of hydrogen-bond donors (Lipinski definition) is 0. The third-order valence-corrected chi connectivity index (χ3v) is 6.82. The van der Waals surface area contributed by atoms with Crippen LogP contribution < -0.4 is 4.74 Å². The largest absolute Gasteiger partial charge is 0.497 e. The number of rotatable bonds is 4. The Kier molecular flexibility index (Phi) is 6.38. The molecule has 0 bridgehead atoms. The summed E-state index contributed by atoms with van der Waals surface area (Å²) < 4.78 is 5.18. The zero-order chi connectivity index (χ0) is 20.2. The van der Waals surface area contributed by atoms with Crippen LogP contribution in [0.4, 0.5) is 0 Å². The van der Waals surface area contributed by atoms with E-state index in [1.807, 2.05) is 29.2 Å². The number of carbonyl (C=O) groups is 2. The summed E-state index contributed by atoms with van der Waals surface area (Å²) in [5.41, 5.74) is 0.721. The monoisotopic (exact) mass is 399 g/mol. The fraction of sp³-hybridized carbons (Fsp3) is 0.652. The number of piperidine rings is 2. The standard InChI is InChI=1S/C23H33N3O3/c1-29-21-8-6-18(7-9-21)22(27)25-15-10-20(11-16-25)26-14-4-5-19(17-26)23(28)24-12-2-3-13-24/h6-9,19-20H,2-5,10-17H2,1H3/t19-/m0/s1. The Balaban J connectivity index is 1.29. The Morgan fingerprint density at radius 3 is 2.21 bits per heavy atom. The maximum absolute atomic E-state index is 12.8. The van der Waals surface area contributed by atoms with Gasteiger partial charge >= 0.3 is 0 Å². The molecular formula is C23H33N3O3. The summed E-state index contributed by atoms with van der Waals surface area (Å²) in [7, 11) is 1.63. The SMILES string of the molecule is COc1ccc(C(=O)N2CCC(N3CCC[C@H](C(=O)N4CCCC4)C3)CC2)cc1. The highest BCUT2D eigenvalue weighted by Gasteiger charge is 2.34. The highest BCUT2D eigenvalue weighted by molar-refractivity contribution is 5.94. The van der Waals surface area contributed by atoms with E-state index < -0.39 is 0 Å². The van der Waals surface area contributed by atoms with Crippen molar-refractivity contribution in [3.63, 3.8) is 0 Å². The Bertz CT molecular complexity index is 707. The summed E-state index contributed by atoms with van der Waals surface area (Å²) in [5, 5.41) is 0. The first-order valence-corrected chi connectivity index (χ1v) is 11.1. The topological polar surface area (TPSA) is 53.1 Å². The third kappa shape index (κ3) is 4.58. The van der Waals surface area contributed by atoms with E-state index in [-0.39, 0.29) is 11.8 Å². The molecule has 0 aliphatic carbocycles. The van der Waals surface area contributed by atoms with Crippen LogP contribution in [0.1, 0.15) is 48.9 Å². The van der Waals surface area contributed by atoms with Gasteiger partial charge < -0.3 is 14.5 Å². The van der Waals surface area contributed by atoms with Gasteiger partial charge in [-0.2, -0.15) is 0 Å². The lowest BCUT2D eigenvalue weighted by Crippen LogP contribution is -2.51. The molecule has 1 aromatic rings. The van der Waals surface area contributed by atoms with Gasteiger partial charge in [0.25, 0.3) is 5.91 Å². The smallest absolute Gasteiger partial charge is 0.253 e.